The molecule has 0 saturated heterocycles. The molecule has 0 heterocycles. The molecule has 2 nitrogen and oxygen atoms in total. The molecule has 0 fully saturated rings. The van der Waals surface area contributed by atoms with E-state index >= 15 is 0 Å². The van der Waals surface area contributed by atoms with Crippen molar-refractivity contribution in [1.29, 1.82) is 0 Å². The Kier molecular flexibility index (Phi) is 3.28. The summed E-state index contributed by atoms with van der Waals surface area (Å²) < 4.78 is 0. The number of rotatable bonds is 5. The highest BCUT2D eigenvalue weighted by Gasteiger charge is 2.38. The minimum absolute atomic E-state index is 0.00227. The summed E-state index contributed by atoms with van der Waals surface area (Å²) in [7, 11) is 0. The fourth-order valence-electron chi connectivity index (χ4n) is 1.75. The lowest BCUT2D eigenvalue weighted by molar-refractivity contribution is -0.118. The van der Waals surface area contributed by atoms with Gasteiger partial charge < -0.3 is 0 Å². The fourth-order valence-corrected chi connectivity index (χ4v) is 1.75. The van der Waals surface area contributed by atoms with Crippen LogP contribution >= 0.6 is 0 Å². The van der Waals surface area contributed by atoms with Gasteiger partial charge in [0.1, 0.15) is 5.78 Å². The second-order valence-electron chi connectivity index (χ2n) is 4.81. The van der Waals surface area contributed by atoms with E-state index in [1.165, 1.54) is 12.5 Å². The first-order chi connectivity index (χ1) is 6.84. The van der Waals surface area contributed by atoms with Crippen LogP contribution in [0.4, 0.5) is 0 Å². The van der Waals surface area contributed by atoms with Crippen LogP contribution in [0.25, 0.3) is 0 Å². The zero-order valence-corrected chi connectivity index (χ0v) is 9.83. The summed E-state index contributed by atoms with van der Waals surface area (Å²) in [6.45, 7) is 7.37. The summed E-state index contributed by atoms with van der Waals surface area (Å²) in [5.41, 5.74) is 1.21. The van der Waals surface area contributed by atoms with Crippen LogP contribution in [-0.2, 0) is 9.59 Å². The van der Waals surface area contributed by atoms with Crippen molar-refractivity contribution in [2.75, 3.05) is 0 Å². The Morgan fingerprint density at radius 3 is 2.40 bits per heavy atom. The molecule has 0 saturated carbocycles. The molecular weight excluding hydrogens is 188 g/mol. The molecule has 0 bridgehead atoms. The highest BCUT2D eigenvalue weighted by Crippen LogP contribution is 2.46. The Morgan fingerprint density at radius 2 is 2.00 bits per heavy atom. The summed E-state index contributed by atoms with van der Waals surface area (Å²) in [5.74, 6) is 0.345. The third-order valence-corrected chi connectivity index (χ3v) is 2.77. The minimum Gasteiger partial charge on any atom is -0.299 e. The first-order valence-corrected chi connectivity index (χ1v) is 5.24. The normalized spacial score (nSPS) is 20.3. The molecule has 1 aliphatic rings. The lowest BCUT2D eigenvalue weighted by atomic mass is 9.83. The van der Waals surface area contributed by atoms with Gasteiger partial charge in [-0.3, -0.25) is 9.59 Å². The van der Waals surface area contributed by atoms with Gasteiger partial charge in [-0.15, -0.1) is 0 Å². The van der Waals surface area contributed by atoms with Crippen LogP contribution < -0.4 is 0 Å². The van der Waals surface area contributed by atoms with E-state index in [-0.39, 0.29) is 22.9 Å². The molecule has 0 spiro atoms. The van der Waals surface area contributed by atoms with Gasteiger partial charge in [0.2, 0.25) is 0 Å². The number of carbonyl (C=O) groups is 2. The fraction of sp³-hybridized carbons (Fsp3) is 0.538. The highest BCUT2D eigenvalue weighted by molar-refractivity contribution is 5.88. The number of hydrogen-bond donors (Lipinski definition) is 0. The molecule has 1 atom stereocenters. The maximum atomic E-state index is 11.1. The van der Waals surface area contributed by atoms with Crippen molar-refractivity contribution in [1.82, 2.24) is 0 Å². The molecule has 0 aliphatic heterocycles. The van der Waals surface area contributed by atoms with Gasteiger partial charge >= 0.3 is 0 Å². The third kappa shape index (κ3) is 3.15. The molecule has 0 N–H and O–H groups in total. The van der Waals surface area contributed by atoms with Crippen molar-refractivity contribution < 1.29 is 9.59 Å². The van der Waals surface area contributed by atoms with Crippen LogP contribution in [0.5, 0.6) is 0 Å². The lowest BCUT2D eigenvalue weighted by Gasteiger charge is -2.20. The zero-order chi connectivity index (χ0) is 11.6. The second-order valence-corrected chi connectivity index (χ2v) is 4.81. The predicted molar refractivity (Wildman–Crippen MR) is 60.5 cm³/mol. The maximum absolute atomic E-state index is 11.1. The van der Waals surface area contributed by atoms with Crippen LogP contribution in [0, 0.1) is 11.3 Å². The molecule has 0 amide bonds. The second kappa shape index (κ2) is 4.13. The molecule has 0 aromatic heterocycles. The van der Waals surface area contributed by atoms with Gasteiger partial charge in [0.05, 0.1) is 5.92 Å². The number of hydrogen-bond acceptors (Lipinski definition) is 2. The Balaban J connectivity index is 2.51. The van der Waals surface area contributed by atoms with E-state index in [1.807, 2.05) is 12.2 Å². The Hall–Kier alpha value is -1.18. The molecular formula is C13H18O2. The monoisotopic (exact) mass is 206 g/mol. The van der Waals surface area contributed by atoms with Crippen LogP contribution in [0.2, 0.25) is 0 Å². The summed E-state index contributed by atoms with van der Waals surface area (Å²) >= 11 is 0. The summed E-state index contributed by atoms with van der Waals surface area (Å²) in [5, 5.41) is 0. The summed E-state index contributed by atoms with van der Waals surface area (Å²) in [6.07, 6.45) is 6.30. The smallest absolute Gasteiger partial charge is 0.152 e. The van der Waals surface area contributed by atoms with E-state index in [0.717, 1.165) is 6.42 Å². The summed E-state index contributed by atoms with van der Waals surface area (Å²) in [6, 6.07) is 0. The van der Waals surface area contributed by atoms with E-state index in [2.05, 4.69) is 13.8 Å². The van der Waals surface area contributed by atoms with Gasteiger partial charge in [-0.2, -0.15) is 0 Å². The average Bonchev–Trinajstić information content (AvgIpc) is 2.80. The average molecular weight is 206 g/mol. The molecule has 0 aromatic carbocycles. The molecule has 0 radical (unpaired) electrons. The van der Waals surface area contributed by atoms with Crippen molar-refractivity contribution in [3.8, 4) is 0 Å². The van der Waals surface area contributed by atoms with E-state index in [4.69, 9.17) is 0 Å². The molecule has 2 heteroatoms. The number of Topliss-reactive ketones (excluding diaryl/α,β-unsaturated/α-hetero) is 1. The number of allylic oxidation sites excluding steroid dienone is 4. The van der Waals surface area contributed by atoms with Crippen LogP contribution in [0.1, 0.15) is 34.1 Å². The van der Waals surface area contributed by atoms with Gasteiger partial charge in [-0.05, 0) is 31.8 Å². The van der Waals surface area contributed by atoms with Gasteiger partial charge in [-0.25, -0.2) is 0 Å². The molecule has 0 aromatic rings. The lowest BCUT2D eigenvalue weighted by Crippen LogP contribution is -2.12. The van der Waals surface area contributed by atoms with Gasteiger partial charge in [-0.1, -0.05) is 31.6 Å². The molecule has 15 heavy (non-hydrogen) atoms. The Labute approximate surface area is 91.1 Å². The van der Waals surface area contributed by atoms with E-state index in [1.54, 1.807) is 13.0 Å². The minimum atomic E-state index is 0.00227. The highest BCUT2D eigenvalue weighted by atomic mass is 16.1. The Bertz CT molecular complexity index is 346. The maximum Gasteiger partial charge on any atom is 0.152 e. The quantitative estimate of drug-likeness (QED) is 0.512. The van der Waals surface area contributed by atoms with E-state index < -0.39 is 0 Å². The summed E-state index contributed by atoms with van der Waals surface area (Å²) in [4.78, 5) is 21.9. The largest absolute Gasteiger partial charge is 0.299 e. The predicted octanol–water partition coefficient (Wildman–Crippen LogP) is 2.69. The SMILES string of the molecule is CC(=O)/C=C\CC(C)(C)C1=CC1C(C)=O. The van der Waals surface area contributed by atoms with Crippen molar-refractivity contribution in [3.63, 3.8) is 0 Å². The Morgan fingerprint density at radius 1 is 1.40 bits per heavy atom. The van der Waals surface area contributed by atoms with Crippen molar-refractivity contribution >= 4 is 11.6 Å². The number of carbonyl (C=O) groups excluding carboxylic acids is 2. The van der Waals surface area contributed by atoms with Crippen LogP contribution in [-0.4, -0.2) is 11.6 Å². The van der Waals surface area contributed by atoms with Gasteiger partial charge in [0, 0.05) is 0 Å². The third-order valence-electron chi connectivity index (χ3n) is 2.77. The van der Waals surface area contributed by atoms with Gasteiger partial charge in [0.15, 0.2) is 5.78 Å². The topological polar surface area (TPSA) is 34.1 Å². The standard InChI is InChI=1S/C13H18O2/c1-9(14)6-5-7-13(3,4)12-8-11(12)10(2)15/h5-6,8,11H,7H2,1-4H3/b6-5-. The van der Waals surface area contributed by atoms with Gasteiger partial charge in [0.25, 0.3) is 0 Å². The molecule has 1 aliphatic carbocycles. The van der Waals surface area contributed by atoms with Crippen molar-refractivity contribution in [2.45, 2.75) is 34.1 Å². The van der Waals surface area contributed by atoms with Crippen molar-refractivity contribution in [2.24, 2.45) is 11.3 Å². The number of ketones is 2. The zero-order valence-electron chi connectivity index (χ0n) is 9.83. The van der Waals surface area contributed by atoms with Crippen LogP contribution in [0.15, 0.2) is 23.8 Å². The molecule has 1 unspecified atom stereocenters. The van der Waals surface area contributed by atoms with Crippen LogP contribution in [0.3, 0.4) is 0 Å². The van der Waals surface area contributed by atoms with Crippen molar-refractivity contribution in [3.05, 3.63) is 23.8 Å². The van der Waals surface area contributed by atoms with E-state index in [0.29, 0.717) is 0 Å². The first kappa shape index (κ1) is 11.9. The molecule has 82 valence electrons. The van der Waals surface area contributed by atoms with E-state index in [9.17, 15) is 9.59 Å². The first-order valence-electron chi connectivity index (χ1n) is 5.24. The molecule has 1 rings (SSSR count).